The fourth-order valence-electron chi connectivity index (χ4n) is 8.15. The van der Waals surface area contributed by atoms with Gasteiger partial charge in [-0.1, -0.05) is 56.3 Å². The number of aromatic hydroxyl groups is 1. The summed E-state index contributed by atoms with van der Waals surface area (Å²) in [6, 6.07) is -0.396. The molecular weight excluding hydrogens is 1100 g/mol. The molecule has 3 rings (SSSR count). The molecule has 31 nitrogen and oxygen atoms in total. The Hall–Kier alpha value is -9.23. The van der Waals surface area contributed by atoms with E-state index in [2.05, 4.69) is 57.5 Å². The van der Waals surface area contributed by atoms with Crippen LogP contribution in [0.5, 0.6) is 5.75 Å². The van der Waals surface area contributed by atoms with Crippen molar-refractivity contribution in [3.63, 3.8) is 0 Å². The summed E-state index contributed by atoms with van der Waals surface area (Å²) in [5.41, 5.74) is 23.3. The van der Waals surface area contributed by atoms with Gasteiger partial charge in [0.2, 0.25) is 53.2 Å². The van der Waals surface area contributed by atoms with Gasteiger partial charge in [0.15, 0.2) is 12.0 Å². The fraction of sp³-hybridized carbons (Fsp3) is 0.491. The number of phenolic OH excluding ortho intramolecular Hbond substituents is 1. The van der Waals surface area contributed by atoms with E-state index in [1.165, 1.54) is 36.8 Å². The molecule has 3 aromatic rings. The fourth-order valence-corrected chi connectivity index (χ4v) is 8.15. The van der Waals surface area contributed by atoms with Crippen LogP contribution in [0.2, 0.25) is 0 Å². The molecule has 84 heavy (non-hydrogen) atoms. The molecule has 0 aliphatic rings. The molecule has 0 bridgehead atoms. The number of guanidine groups is 1. The summed E-state index contributed by atoms with van der Waals surface area (Å²) in [5, 5.41) is 69.3. The number of hydrogen-bond acceptors (Lipinski definition) is 17. The highest BCUT2D eigenvalue weighted by atomic mass is 16.4. The van der Waals surface area contributed by atoms with Crippen LogP contribution in [0.4, 0.5) is 0 Å². The molecule has 2 aromatic carbocycles. The quantitative estimate of drug-likeness (QED) is 0.0146. The van der Waals surface area contributed by atoms with Crippen molar-refractivity contribution in [3.8, 4) is 5.75 Å². The van der Waals surface area contributed by atoms with Crippen molar-refractivity contribution in [3.05, 3.63) is 83.9 Å². The van der Waals surface area contributed by atoms with Gasteiger partial charge < -0.3 is 96.0 Å². The number of nitrogens with one attached hydrogen (secondary N) is 9. The molecule has 9 amide bonds. The lowest BCUT2D eigenvalue weighted by atomic mass is 9.99. The molecule has 0 spiro atoms. The zero-order valence-electron chi connectivity index (χ0n) is 46.6. The highest BCUT2D eigenvalue weighted by Crippen LogP contribution is 2.15. The maximum atomic E-state index is 14.5. The van der Waals surface area contributed by atoms with Crippen molar-refractivity contribution in [2.24, 2.45) is 33.8 Å². The van der Waals surface area contributed by atoms with Gasteiger partial charge in [-0.2, -0.15) is 0 Å². The number of carboxylic acid groups (broad SMARTS) is 2. The van der Waals surface area contributed by atoms with Crippen LogP contribution in [0.3, 0.4) is 0 Å². The maximum absolute atomic E-state index is 14.5. The average molecular weight is 1180 g/mol. The van der Waals surface area contributed by atoms with Gasteiger partial charge in [-0.05, 0) is 68.2 Å². The lowest BCUT2D eigenvalue weighted by Crippen LogP contribution is -2.61. The minimum atomic E-state index is -1.80. The Kier molecular flexibility index (Phi) is 28.7. The first kappa shape index (κ1) is 69.0. The second-order valence-electron chi connectivity index (χ2n) is 20.1. The molecule has 1 heterocycles. The van der Waals surface area contributed by atoms with E-state index in [0.29, 0.717) is 16.8 Å². The Morgan fingerprint density at radius 1 is 0.583 bits per heavy atom. The van der Waals surface area contributed by atoms with E-state index in [-0.39, 0.29) is 75.5 Å². The third kappa shape index (κ3) is 24.9. The molecule has 0 saturated heterocycles. The van der Waals surface area contributed by atoms with Gasteiger partial charge in [-0.25, -0.2) is 9.78 Å². The second-order valence-corrected chi connectivity index (χ2v) is 20.1. The van der Waals surface area contributed by atoms with Crippen LogP contribution in [-0.2, 0) is 72.0 Å². The van der Waals surface area contributed by atoms with E-state index < -0.39 is 145 Å². The molecule has 0 unspecified atom stereocenters. The van der Waals surface area contributed by atoms with Crippen molar-refractivity contribution < 1.29 is 78.3 Å². The number of phenols is 1. The van der Waals surface area contributed by atoms with Crippen molar-refractivity contribution in [1.82, 2.24) is 52.5 Å². The van der Waals surface area contributed by atoms with E-state index >= 15 is 0 Å². The zero-order chi connectivity index (χ0) is 62.6. The van der Waals surface area contributed by atoms with Crippen LogP contribution in [-0.4, -0.2) is 180 Å². The standard InChI is InChI=1S/C53H77N15O16/c1-27(2)20-36(47(78)65-37(21-29-8-5-4-6-9-29)48(79)66-38(22-30-11-13-32(71)14-12-30)50(81)68-43(28(3)70)52(83)84)64-46(77)35(16-18-42(73)74)62-45(76)34(10-7-19-59-53(56)57)61-51(82)40(25-69)67-49(80)39(23-31-24-58-26-60-31)63-44(75)33(54)15-17-41(55)72/h4-6,8-9,11-14,24,26-28,33-40,43,69-71H,7,10,15-23,25,54H2,1-3H3,(H2,55,72)(H,58,60)(H,61,82)(H,62,76)(H,63,75)(H,64,77)(H,65,78)(H,66,79)(H,67,80)(H,68,81)(H,73,74)(H,83,84)(H4,56,57,59)/t28-,33+,34+,35+,36+,37+,38+,39+,40+,43+/m1/s1. The first-order chi connectivity index (χ1) is 39.7. The lowest BCUT2D eigenvalue weighted by Gasteiger charge is -2.28. The van der Waals surface area contributed by atoms with Gasteiger partial charge in [-0.3, -0.25) is 52.9 Å². The molecule has 0 saturated carbocycles. The van der Waals surface area contributed by atoms with Crippen LogP contribution >= 0.6 is 0 Å². The molecule has 1 aromatic heterocycles. The number of aliphatic hydroxyl groups is 2. The molecular formula is C53H77N15O16. The van der Waals surface area contributed by atoms with Gasteiger partial charge >= 0.3 is 11.9 Å². The second kappa shape index (κ2) is 34.9. The van der Waals surface area contributed by atoms with Crippen LogP contribution in [0, 0.1) is 5.92 Å². The van der Waals surface area contributed by atoms with E-state index in [0.717, 1.165) is 6.92 Å². The number of primary amides is 1. The number of hydrogen-bond donors (Lipinski definition) is 18. The van der Waals surface area contributed by atoms with Crippen molar-refractivity contribution in [1.29, 1.82) is 0 Å². The minimum absolute atomic E-state index is 0.00594. The molecule has 22 N–H and O–H groups in total. The predicted molar refractivity (Wildman–Crippen MR) is 299 cm³/mol. The number of carboxylic acids is 2. The number of amides is 9. The van der Waals surface area contributed by atoms with Crippen LogP contribution < -0.4 is 65.5 Å². The number of aliphatic imine (C=N–C) groups is 1. The SMILES string of the molecule is CC(C)C[C@H](NC(=O)[C@H](CCC(=O)O)NC(=O)[C@H](CCCN=C(N)N)NC(=O)[C@H](CO)NC(=O)[C@H](Cc1cnc[nH]1)NC(=O)[C@@H](N)CCC(N)=O)C(=O)N[C@@H](Cc1ccccc1)C(=O)N[C@@H](Cc1ccc(O)cc1)C(=O)N[C@H](C(=O)O)[C@@H](C)O. The third-order valence-electron chi connectivity index (χ3n) is 12.6. The van der Waals surface area contributed by atoms with Crippen molar-refractivity contribution in [2.45, 2.75) is 145 Å². The van der Waals surface area contributed by atoms with E-state index in [4.69, 9.17) is 22.9 Å². The summed E-state index contributed by atoms with van der Waals surface area (Å²) in [5.74, 6) is -12.6. The zero-order valence-corrected chi connectivity index (χ0v) is 46.6. The number of rotatable bonds is 37. The number of nitrogens with two attached hydrogens (primary N) is 4. The molecule has 10 atom stereocenters. The summed E-state index contributed by atoms with van der Waals surface area (Å²) in [4.78, 5) is 158. The van der Waals surface area contributed by atoms with Gasteiger partial charge in [0, 0.05) is 50.5 Å². The molecule has 0 aliphatic carbocycles. The highest BCUT2D eigenvalue weighted by molar-refractivity contribution is 5.98. The number of aromatic amines is 1. The van der Waals surface area contributed by atoms with Crippen LogP contribution in [0.15, 0.2) is 72.1 Å². The number of nitrogens with zero attached hydrogens (tertiary/aromatic N) is 2. The molecule has 31 heteroatoms. The topological polar surface area (TPSA) is 530 Å². The van der Waals surface area contributed by atoms with Gasteiger partial charge in [-0.15, -0.1) is 0 Å². The smallest absolute Gasteiger partial charge is 0.328 e. The summed E-state index contributed by atoms with van der Waals surface area (Å²) >= 11 is 0. The first-order valence-corrected chi connectivity index (χ1v) is 26.7. The van der Waals surface area contributed by atoms with E-state index in [1.807, 2.05) is 0 Å². The number of H-pyrrole nitrogens is 1. The average Bonchev–Trinajstić information content (AvgIpc) is 4.09. The molecule has 0 radical (unpaired) electrons. The largest absolute Gasteiger partial charge is 0.508 e. The van der Waals surface area contributed by atoms with E-state index in [9.17, 15) is 78.3 Å². The van der Waals surface area contributed by atoms with Crippen molar-refractivity contribution >= 4 is 71.1 Å². The van der Waals surface area contributed by atoms with Gasteiger partial charge in [0.1, 0.15) is 48.0 Å². The summed E-state index contributed by atoms with van der Waals surface area (Å²) in [7, 11) is 0. The highest BCUT2D eigenvalue weighted by Gasteiger charge is 2.36. The number of imidazole rings is 1. The van der Waals surface area contributed by atoms with Crippen LogP contribution in [0.25, 0.3) is 0 Å². The predicted octanol–water partition coefficient (Wildman–Crippen LogP) is -4.96. The minimum Gasteiger partial charge on any atom is -0.508 e. The maximum Gasteiger partial charge on any atom is 0.328 e. The first-order valence-electron chi connectivity index (χ1n) is 26.7. The Morgan fingerprint density at radius 3 is 1.56 bits per heavy atom. The lowest BCUT2D eigenvalue weighted by molar-refractivity contribution is -0.145. The number of benzene rings is 2. The number of aliphatic hydroxyl groups excluding tert-OH is 2. The van der Waals surface area contributed by atoms with Crippen LogP contribution in [0.1, 0.15) is 82.5 Å². The Labute approximate surface area is 482 Å². The Bertz CT molecular complexity index is 2730. The molecule has 460 valence electrons. The Morgan fingerprint density at radius 2 is 1.06 bits per heavy atom. The third-order valence-corrected chi connectivity index (χ3v) is 12.6. The Balaban J connectivity index is 1.95. The monoisotopic (exact) mass is 1180 g/mol. The van der Waals surface area contributed by atoms with Crippen molar-refractivity contribution in [2.75, 3.05) is 13.2 Å². The van der Waals surface area contributed by atoms with Gasteiger partial charge in [0.25, 0.3) is 0 Å². The number of aromatic nitrogens is 2. The number of carbonyl (C=O) groups is 11. The summed E-state index contributed by atoms with van der Waals surface area (Å²) < 4.78 is 0. The number of aliphatic carboxylic acids is 2. The molecule has 0 fully saturated rings. The normalized spacial score (nSPS) is 14.6. The summed E-state index contributed by atoms with van der Waals surface area (Å²) in [6.45, 7) is 3.38. The summed E-state index contributed by atoms with van der Waals surface area (Å²) in [6.07, 6.45) is -1.71. The van der Waals surface area contributed by atoms with Gasteiger partial charge in [0.05, 0.1) is 25.1 Å². The molecule has 0 aliphatic heterocycles. The number of carbonyl (C=O) groups excluding carboxylic acids is 9. The van der Waals surface area contributed by atoms with E-state index in [1.54, 1.807) is 44.2 Å².